The zero-order valence-electron chi connectivity index (χ0n) is 9.44. The van der Waals surface area contributed by atoms with Crippen molar-refractivity contribution in [2.24, 2.45) is 11.7 Å². The zero-order chi connectivity index (χ0) is 12.8. The van der Waals surface area contributed by atoms with Crippen LogP contribution in [0.2, 0.25) is 0 Å². The number of hydrogen-bond donors (Lipinski definition) is 4. The number of rotatable bonds is 6. The molecular weight excluding hydrogens is 226 g/mol. The number of carboxylic acid groups (broad SMARTS) is 1. The van der Waals surface area contributed by atoms with Gasteiger partial charge in [-0.05, 0) is 18.8 Å². The Bertz CT molecular complexity index is 315. The van der Waals surface area contributed by atoms with Gasteiger partial charge in [0.25, 0.3) is 0 Å². The van der Waals surface area contributed by atoms with Crippen molar-refractivity contribution in [1.82, 2.24) is 10.6 Å². The fourth-order valence-corrected chi connectivity index (χ4v) is 1.54. The van der Waals surface area contributed by atoms with Crippen molar-refractivity contribution in [2.75, 3.05) is 6.54 Å². The molecule has 7 nitrogen and oxygen atoms in total. The van der Waals surface area contributed by atoms with Crippen LogP contribution in [-0.4, -0.2) is 35.6 Å². The highest BCUT2D eigenvalue weighted by molar-refractivity contribution is 5.87. The van der Waals surface area contributed by atoms with Gasteiger partial charge in [0.05, 0.1) is 6.42 Å². The molecule has 17 heavy (non-hydrogen) atoms. The van der Waals surface area contributed by atoms with Crippen molar-refractivity contribution in [3.8, 4) is 0 Å². The van der Waals surface area contributed by atoms with Gasteiger partial charge < -0.3 is 21.5 Å². The Hall–Kier alpha value is -1.79. The number of primary amides is 1. The van der Waals surface area contributed by atoms with Gasteiger partial charge in [-0.2, -0.15) is 0 Å². The molecule has 5 N–H and O–H groups in total. The van der Waals surface area contributed by atoms with Crippen LogP contribution in [0.25, 0.3) is 0 Å². The molecule has 1 atom stereocenters. The molecule has 0 aromatic carbocycles. The minimum Gasteiger partial charge on any atom is -0.480 e. The predicted molar refractivity (Wildman–Crippen MR) is 59.1 cm³/mol. The smallest absolute Gasteiger partial charge is 0.326 e. The molecule has 0 bridgehead atoms. The maximum atomic E-state index is 11.3. The van der Waals surface area contributed by atoms with Crippen LogP contribution in [0, 0.1) is 5.92 Å². The lowest BCUT2D eigenvalue weighted by Gasteiger charge is -2.25. The van der Waals surface area contributed by atoms with Gasteiger partial charge in [0.1, 0.15) is 6.04 Å². The van der Waals surface area contributed by atoms with E-state index in [0.29, 0.717) is 12.5 Å². The minimum absolute atomic E-state index is 0.411. The van der Waals surface area contributed by atoms with Crippen molar-refractivity contribution >= 4 is 17.9 Å². The van der Waals surface area contributed by atoms with Gasteiger partial charge in [-0.3, -0.25) is 4.79 Å². The predicted octanol–water partition coefficient (Wildman–Crippen LogP) is -0.586. The van der Waals surface area contributed by atoms with Gasteiger partial charge in [-0.25, -0.2) is 9.59 Å². The second-order valence-corrected chi connectivity index (χ2v) is 4.21. The van der Waals surface area contributed by atoms with Crippen LogP contribution in [0.5, 0.6) is 0 Å². The number of nitrogens with two attached hydrogens (primary N) is 1. The molecule has 0 spiro atoms. The molecule has 0 unspecified atom stereocenters. The molecule has 1 aliphatic rings. The maximum Gasteiger partial charge on any atom is 0.326 e. The topological polar surface area (TPSA) is 122 Å². The standard InChI is InChI=1S/C10H17N3O4/c11-8(14)4-7(9(15)16)13-10(17)12-5-6-2-1-3-6/h6-7H,1-5H2,(H2,11,14)(H,15,16)(H2,12,13,17)/t7-/m1/s1. The summed E-state index contributed by atoms with van der Waals surface area (Å²) in [6.07, 6.45) is 2.94. The van der Waals surface area contributed by atoms with Gasteiger partial charge in [0.2, 0.25) is 5.91 Å². The number of carbonyl (C=O) groups excluding carboxylic acids is 2. The Morgan fingerprint density at radius 3 is 2.41 bits per heavy atom. The normalized spacial score (nSPS) is 16.7. The number of urea groups is 1. The highest BCUT2D eigenvalue weighted by Gasteiger charge is 2.23. The SMILES string of the molecule is NC(=O)C[C@@H](NC(=O)NCC1CCC1)C(=O)O. The molecule has 0 aliphatic heterocycles. The minimum atomic E-state index is -1.28. The average Bonchev–Trinajstić information content (AvgIpc) is 2.13. The molecule has 0 heterocycles. The number of nitrogens with one attached hydrogen (secondary N) is 2. The molecular formula is C10H17N3O4. The number of carbonyl (C=O) groups is 3. The Labute approximate surface area is 98.7 Å². The molecule has 7 heteroatoms. The molecule has 1 saturated carbocycles. The van der Waals surface area contributed by atoms with E-state index in [2.05, 4.69) is 10.6 Å². The summed E-state index contributed by atoms with van der Waals surface area (Å²) >= 11 is 0. The van der Waals surface area contributed by atoms with E-state index < -0.39 is 30.4 Å². The van der Waals surface area contributed by atoms with Crippen molar-refractivity contribution in [1.29, 1.82) is 0 Å². The van der Waals surface area contributed by atoms with E-state index in [-0.39, 0.29) is 0 Å². The fraction of sp³-hybridized carbons (Fsp3) is 0.700. The van der Waals surface area contributed by atoms with Crippen molar-refractivity contribution < 1.29 is 19.5 Å². The van der Waals surface area contributed by atoms with E-state index in [0.717, 1.165) is 12.8 Å². The molecule has 0 aromatic rings. The van der Waals surface area contributed by atoms with E-state index in [1.54, 1.807) is 0 Å². The number of amides is 3. The lowest BCUT2D eigenvalue weighted by molar-refractivity contribution is -0.140. The summed E-state index contributed by atoms with van der Waals surface area (Å²) in [4.78, 5) is 32.7. The molecule has 96 valence electrons. The van der Waals surface area contributed by atoms with Gasteiger partial charge in [-0.1, -0.05) is 6.42 Å². The second-order valence-electron chi connectivity index (χ2n) is 4.21. The zero-order valence-corrected chi connectivity index (χ0v) is 9.44. The second kappa shape index (κ2) is 6.07. The first-order valence-corrected chi connectivity index (χ1v) is 5.54. The third-order valence-corrected chi connectivity index (χ3v) is 2.78. The van der Waals surface area contributed by atoms with Crippen molar-refractivity contribution in [2.45, 2.75) is 31.7 Å². The van der Waals surface area contributed by atoms with E-state index in [9.17, 15) is 14.4 Å². The summed E-state index contributed by atoms with van der Waals surface area (Å²) in [6, 6.07) is -1.85. The quantitative estimate of drug-likeness (QED) is 0.498. The lowest BCUT2D eigenvalue weighted by Crippen LogP contribution is -2.48. The molecule has 1 aliphatic carbocycles. The Morgan fingerprint density at radius 2 is 2.00 bits per heavy atom. The highest BCUT2D eigenvalue weighted by atomic mass is 16.4. The van der Waals surface area contributed by atoms with Crippen molar-refractivity contribution in [3.63, 3.8) is 0 Å². The van der Waals surface area contributed by atoms with Crippen molar-refractivity contribution in [3.05, 3.63) is 0 Å². The number of carboxylic acids is 1. The highest BCUT2D eigenvalue weighted by Crippen LogP contribution is 2.24. The Morgan fingerprint density at radius 1 is 1.35 bits per heavy atom. The molecule has 1 rings (SSSR count). The monoisotopic (exact) mass is 243 g/mol. The molecule has 0 saturated heterocycles. The van der Waals surface area contributed by atoms with Crippen LogP contribution >= 0.6 is 0 Å². The number of hydrogen-bond acceptors (Lipinski definition) is 3. The fourth-order valence-electron chi connectivity index (χ4n) is 1.54. The van der Waals surface area contributed by atoms with Crippen LogP contribution in [0.15, 0.2) is 0 Å². The van der Waals surface area contributed by atoms with Crippen LogP contribution in [0.4, 0.5) is 4.79 Å². The van der Waals surface area contributed by atoms with Crippen LogP contribution in [-0.2, 0) is 9.59 Å². The van der Waals surface area contributed by atoms with Gasteiger partial charge in [-0.15, -0.1) is 0 Å². The van der Waals surface area contributed by atoms with E-state index >= 15 is 0 Å². The van der Waals surface area contributed by atoms with Gasteiger partial charge in [0.15, 0.2) is 0 Å². The van der Waals surface area contributed by atoms with Crippen LogP contribution in [0.1, 0.15) is 25.7 Å². The molecule has 1 fully saturated rings. The van der Waals surface area contributed by atoms with Crippen LogP contribution in [0.3, 0.4) is 0 Å². The molecule has 0 radical (unpaired) electrons. The first-order valence-electron chi connectivity index (χ1n) is 5.54. The first-order chi connectivity index (χ1) is 7.99. The Kier molecular flexibility index (Phi) is 4.74. The summed E-state index contributed by atoms with van der Waals surface area (Å²) in [5.74, 6) is -1.56. The third-order valence-electron chi connectivity index (χ3n) is 2.78. The summed E-state index contributed by atoms with van der Waals surface area (Å²) in [6.45, 7) is 0.536. The Balaban J connectivity index is 2.29. The molecule has 3 amide bonds. The summed E-state index contributed by atoms with van der Waals surface area (Å²) < 4.78 is 0. The summed E-state index contributed by atoms with van der Waals surface area (Å²) in [5.41, 5.74) is 4.89. The van der Waals surface area contributed by atoms with Gasteiger partial charge in [0, 0.05) is 6.54 Å². The molecule has 0 aromatic heterocycles. The van der Waals surface area contributed by atoms with Gasteiger partial charge >= 0.3 is 12.0 Å². The number of aliphatic carboxylic acids is 1. The first kappa shape index (κ1) is 13.3. The largest absolute Gasteiger partial charge is 0.480 e. The average molecular weight is 243 g/mol. The van der Waals surface area contributed by atoms with E-state index in [4.69, 9.17) is 10.8 Å². The summed E-state index contributed by atoms with van der Waals surface area (Å²) in [7, 11) is 0. The van der Waals surface area contributed by atoms with E-state index in [1.807, 2.05) is 0 Å². The lowest BCUT2D eigenvalue weighted by atomic mass is 9.85. The summed E-state index contributed by atoms with van der Waals surface area (Å²) in [5, 5.41) is 13.5. The third kappa shape index (κ3) is 4.71. The maximum absolute atomic E-state index is 11.3. The van der Waals surface area contributed by atoms with Crippen LogP contribution < -0.4 is 16.4 Å². The van der Waals surface area contributed by atoms with E-state index in [1.165, 1.54) is 6.42 Å².